The summed E-state index contributed by atoms with van der Waals surface area (Å²) in [5, 5.41) is 6.09. The molecule has 1 aromatic heterocycles. The third-order valence-corrected chi connectivity index (χ3v) is 3.22. The van der Waals surface area contributed by atoms with E-state index in [4.69, 9.17) is 4.74 Å². The molecule has 8 heteroatoms. The van der Waals surface area contributed by atoms with E-state index in [-0.39, 0.29) is 24.9 Å². The van der Waals surface area contributed by atoms with Gasteiger partial charge in [-0.2, -0.15) is 18.3 Å². The Bertz CT molecular complexity index is 684. The fourth-order valence-corrected chi connectivity index (χ4v) is 2.04. The highest BCUT2D eigenvalue weighted by Crippen LogP contribution is 2.28. The number of amides is 1. The van der Waals surface area contributed by atoms with Crippen LogP contribution in [0.1, 0.15) is 18.3 Å². The van der Waals surface area contributed by atoms with E-state index in [9.17, 15) is 18.0 Å². The standard InChI is InChI=1S/C16H18F3N3O2/c1-11(10-24-13-6-4-3-5-7-13)20-15(23)9-22-12(2)8-14(21-22)16(17,18)19/h3-8,11H,9-10H2,1-2H3,(H,20,23). The summed E-state index contributed by atoms with van der Waals surface area (Å²) in [7, 11) is 0. The highest BCUT2D eigenvalue weighted by atomic mass is 19.4. The van der Waals surface area contributed by atoms with E-state index in [1.165, 1.54) is 6.92 Å². The van der Waals surface area contributed by atoms with Crippen molar-refractivity contribution < 1.29 is 22.7 Å². The number of rotatable bonds is 6. The fraction of sp³-hybridized carbons (Fsp3) is 0.375. The second-order valence-electron chi connectivity index (χ2n) is 5.42. The first-order valence-corrected chi connectivity index (χ1v) is 7.34. The second-order valence-corrected chi connectivity index (χ2v) is 5.42. The number of alkyl halides is 3. The van der Waals surface area contributed by atoms with Crippen LogP contribution in [0.25, 0.3) is 0 Å². The maximum Gasteiger partial charge on any atom is 0.435 e. The van der Waals surface area contributed by atoms with Crippen molar-refractivity contribution >= 4 is 5.91 Å². The average Bonchev–Trinajstić information content (AvgIpc) is 2.87. The summed E-state index contributed by atoms with van der Waals surface area (Å²) in [5.74, 6) is 0.246. The lowest BCUT2D eigenvalue weighted by Crippen LogP contribution is -2.39. The third-order valence-electron chi connectivity index (χ3n) is 3.22. The van der Waals surface area contributed by atoms with Crippen molar-refractivity contribution in [3.63, 3.8) is 0 Å². The first-order chi connectivity index (χ1) is 11.3. The number of hydrogen-bond donors (Lipinski definition) is 1. The number of carbonyl (C=O) groups is 1. The number of halogens is 3. The highest BCUT2D eigenvalue weighted by molar-refractivity contribution is 5.76. The summed E-state index contributed by atoms with van der Waals surface area (Å²) in [5.41, 5.74) is -0.737. The second kappa shape index (κ2) is 7.37. The van der Waals surface area contributed by atoms with Gasteiger partial charge in [0.1, 0.15) is 18.9 Å². The third kappa shape index (κ3) is 5.00. The molecule has 0 spiro atoms. The quantitative estimate of drug-likeness (QED) is 0.879. The van der Waals surface area contributed by atoms with Crippen LogP contribution in [-0.2, 0) is 17.5 Å². The number of aryl methyl sites for hydroxylation is 1. The van der Waals surface area contributed by atoms with Crippen LogP contribution in [-0.4, -0.2) is 28.3 Å². The molecule has 0 bridgehead atoms. The van der Waals surface area contributed by atoms with Crippen molar-refractivity contribution in [2.45, 2.75) is 32.6 Å². The van der Waals surface area contributed by atoms with E-state index in [1.807, 2.05) is 18.2 Å². The Morgan fingerprint density at radius 2 is 2.00 bits per heavy atom. The van der Waals surface area contributed by atoms with E-state index >= 15 is 0 Å². The van der Waals surface area contributed by atoms with Crippen LogP contribution in [0.3, 0.4) is 0 Å². The molecule has 0 aliphatic rings. The van der Waals surface area contributed by atoms with Crippen molar-refractivity contribution in [1.82, 2.24) is 15.1 Å². The maximum atomic E-state index is 12.6. The normalized spacial score (nSPS) is 12.7. The molecule has 1 aromatic carbocycles. The summed E-state index contributed by atoms with van der Waals surface area (Å²) in [6, 6.07) is 9.72. The minimum absolute atomic E-state index is 0.252. The molecule has 0 saturated carbocycles. The molecule has 0 fully saturated rings. The molecule has 0 saturated heterocycles. The van der Waals surface area contributed by atoms with Gasteiger partial charge in [0.25, 0.3) is 0 Å². The molecule has 1 heterocycles. The Hall–Kier alpha value is -2.51. The zero-order chi connectivity index (χ0) is 17.7. The molecular formula is C16H18F3N3O2. The summed E-state index contributed by atoms with van der Waals surface area (Å²) in [4.78, 5) is 11.9. The van der Waals surface area contributed by atoms with Gasteiger partial charge in [-0.15, -0.1) is 0 Å². The fourth-order valence-electron chi connectivity index (χ4n) is 2.04. The van der Waals surface area contributed by atoms with E-state index < -0.39 is 17.8 Å². The predicted octanol–water partition coefficient (Wildman–Crippen LogP) is 2.79. The molecule has 1 N–H and O–H groups in total. The van der Waals surface area contributed by atoms with Crippen LogP contribution in [0.15, 0.2) is 36.4 Å². The monoisotopic (exact) mass is 341 g/mol. The highest BCUT2D eigenvalue weighted by Gasteiger charge is 2.34. The van der Waals surface area contributed by atoms with Gasteiger partial charge in [-0.1, -0.05) is 18.2 Å². The summed E-state index contributed by atoms with van der Waals surface area (Å²) in [6.45, 7) is 3.19. The molecule has 0 aliphatic carbocycles. The van der Waals surface area contributed by atoms with Gasteiger partial charge in [0, 0.05) is 5.69 Å². The van der Waals surface area contributed by atoms with E-state index in [0.717, 1.165) is 10.7 Å². The number of ether oxygens (including phenoxy) is 1. The Labute approximate surface area is 137 Å². The van der Waals surface area contributed by atoms with Crippen LogP contribution in [0.5, 0.6) is 5.75 Å². The molecule has 0 aliphatic heterocycles. The molecule has 0 radical (unpaired) electrons. The molecule has 2 aromatic rings. The lowest BCUT2D eigenvalue weighted by molar-refractivity contribution is -0.141. The Kier molecular flexibility index (Phi) is 5.48. The van der Waals surface area contributed by atoms with Crippen molar-refractivity contribution in [3.8, 4) is 5.75 Å². The molecule has 130 valence electrons. The lowest BCUT2D eigenvalue weighted by atomic mass is 10.3. The number of nitrogens with one attached hydrogen (secondary N) is 1. The summed E-state index contributed by atoms with van der Waals surface area (Å²) >= 11 is 0. The van der Waals surface area contributed by atoms with E-state index in [1.54, 1.807) is 19.1 Å². The van der Waals surface area contributed by atoms with Crippen LogP contribution in [0, 0.1) is 6.92 Å². The van der Waals surface area contributed by atoms with Gasteiger partial charge in [0.05, 0.1) is 6.04 Å². The topological polar surface area (TPSA) is 56.2 Å². The molecule has 1 atom stereocenters. The lowest BCUT2D eigenvalue weighted by Gasteiger charge is -2.15. The molecular weight excluding hydrogens is 323 g/mol. The molecule has 1 amide bonds. The number of aromatic nitrogens is 2. The first kappa shape index (κ1) is 17.8. The van der Waals surface area contributed by atoms with Crippen LogP contribution < -0.4 is 10.1 Å². The number of para-hydroxylation sites is 1. The SMILES string of the molecule is Cc1cc(C(F)(F)F)nn1CC(=O)NC(C)COc1ccccc1. The first-order valence-electron chi connectivity index (χ1n) is 7.34. The van der Waals surface area contributed by atoms with Gasteiger partial charge in [-0.3, -0.25) is 9.48 Å². The van der Waals surface area contributed by atoms with E-state index in [2.05, 4.69) is 10.4 Å². The minimum atomic E-state index is -4.52. The maximum absolute atomic E-state index is 12.6. The average molecular weight is 341 g/mol. The minimum Gasteiger partial charge on any atom is -0.491 e. The molecule has 24 heavy (non-hydrogen) atoms. The zero-order valence-electron chi connectivity index (χ0n) is 13.3. The van der Waals surface area contributed by atoms with Gasteiger partial charge in [0.2, 0.25) is 5.91 Å². The van der Waals surface area contributed by atoms with Crippen LogP contribution in [0.4, 0.5) is 13.2 Å². The van der Waals surface area contributed by atoms with Gasteiger partial charge in [-0.05, 0) is 32.0 Å². The largest absolute Gasteiger partial charge is 0.491 e. The smallest absolute Gasteiger partial charge is 0.435 e. The molecule has 2 rings (SSSR count). The van der Waals surface area contributed by atoms with Crippen LogP contribution >= 0.6 is 0 Å². The van der Waals surface area contributed by atoms with Crippen molar-refractivity contribution in [2.75, 3.05) is 6.61 Å². The summed E-state index contributed by atoms with van der Waals surface area (Å²) in [6.07, 6.45) is -4.52. The van der Waals surface area contributed by atoms with Crippen LogP contribution in [0.2, 0.25) is 0 Å². The summed E-state index contributed by atoms with van der Waals surface area (Å²) < 4.78 is 44.3. The Balaban J connectivity index is 1.85. The molecule has 5 nitrogen and oxygen atoms in total. The number of nitrogens with zero attached hydrogens (tertiary/aromatic N) is 2. The Morgan fingerprint density at radius 3 is 2.58 bits per heavy atom. The predicted molar refractivity (Wildman–Crippen MR) is 81.5 cm³/mol. The number of hydrogen-bond acceptors (Lipinski definition) is 3. The van der Waals surface area contributed by atoms with Gasteiger partial charge in [0.15, 0.2) is 5.69 Å². The van der Waals surface area contributed by atoms with Crippen molar-refractivity contribution in [2.24, 2.45) is 0 Å². The molecule has 1 unspecified atom stereocenters. The van der Waals surface area contributed by atoms with Gasteiger partial charge < -0.3 is 10.1 Å². The van der Waals surface area contributed by atoms with Crippen molar-refractivity contribution in [1.29, 1.82) is 0 Å². The number of carbonyl (C=O) groups excluding carboxylic acids is 1. The van der Waals surface area contributed by atoms with Crippen molar-refractivity contribution in [3.05, 3.63) is 47.8 Å². The van der Waals surface area contributed by atoms with Gasteiger partial charge >= 0.3 is 6.18 Å². The zero-order valence-corrected chi connectivity index (χ0v) is 13.3. The Morgan fingerprint density at radius 1 is 1.33 bits per heavy atom. The van der Waals surface area contributed by atoms with Gasteiger partial charge in [-0.25, -0.2) is 0 Å². The van der Waals surface area contributed by atoms with E-state index in [0.29, 0.717) is 5.75 Å². The number of benzene rings is 1.